The molecule has 0 unspecified atom stereocenters. The van der Waals surface area contributed by atoms with Crippen molar-refractivity contribution in [2.75, 3.05) is 5.73 Å². The molecule has 0 fully saturated rings. The van der Waals surface area contributed by atoms with Crippen LogP contribution >= 0.6 is 0 Å². The normalized spacial score (nSPS) is 12.5. The van der Waals surface area contributed by atoms with Gasteiger partial charge < -0.3 is 10.3 Å². The second-order valence-corrected chi connectivity index (χ2v) is 5.32. The van der Waals surface area contributed by atoms with Gasteiger partial charge in [0.1, 0.15) is 11.6 Å². The first-order valence-corrected chi connectivity index (χ1v) is 5.66. The summed E-state index contributed by atoms with van der Waals surface area (Å²) in [6, 6.07) is 0. The van der Waals surface area contributed by atoms with E-state index in [-0.39, 0.29) is 5.54 Å². The number of hydrogen-bond acceptors (Lipinski definition) is 2. The molecule has 0 aromatic carbocycles. The third-order valence-corrected chi connectivity index (χ3v) is 2.54. The molecule has 15 heavy (non-hydrogen) atoms. The number of anilines is 1. The van der Waals surface area contributed by atoms with Crippen molar-refractivity contribution in [3.05, 3.63) is 11.5 Å². The number of nitrogens with two attached hydrogens (primary N) is 1. The zero-order valence-corrected chi connectivity index (χ0v) is 10.8. The number of aromatic nitrogens is 2. The predicted octanol–water partition coefficient (Wildman–Crippen LogP) is 2.91. The molecule has 1 aromatic heterocycles. The Balaban J connectivity index is 3.39. The molecule has 0 amide bonds. The third-order valence-electron chi connectivity index (χ3n) is 2.54. The third kappa shape index (κ3) is 2.16. The van der Waals surface area contributed by atoms with Gasteiger partial charge in [-0.25, -0.2) is 4.98 Å². The number of hydrogen-bond donors (Lipinski definition) is 1. The lowest BCUT2D eigenvalue weighted by molar-refractivity contribution is 0.382. The lowest BCUT2D eigenvalue weighted by Gasteiger charge is -2.26. The van der Waals surface area contributed by atoms with Crippen LogP contribution in [0.25, 0.3) is 0 Å². The molecule has 0 bridgehead atoms. The van der Waals surface area contributed by atoms with Crippen molar-refractivity contribution >= 4 is 5.82 Å². The van der Waals surface area contributed by atoms with Gasteiger partial charge in [0.2, 0.25) is 0 Å². The highest BCUT2D eigenvalue weighted by Gasteiger charge is 2.24. The molecular formula is C12H23N3. The molecule has 3 heteroatoms. The fourth-order valence-electron chi connectivity index (χ4n) is 1.85. The maximum Gasteiger partial charge on any atom is 0.127 e. The number of nitrogens with zero attached hydrogens (tertiary/aromatic N) is 2. The van der Waals surface area contributed by atoms with Crippen LogP contribution in [-0.4, -0.2) is 9.55 Å². The van der Waals surface area contributed by atoms with Crippen molar-refractivity contribution in [2.45, 2.75) is 59.4 Å². The molecule has 0 aliphatic carbocycles. The molecule has 2 N–H and O–H groups in total. The Bertz CT molecular complexity index is 342. The van der Waals surface area contributed by atoms with Gasteiger partial charge in [0, 0.05) is 11.5 Å². The van der Waals surface area contributed by atoms with E-state index in [2.05, 4.69) is 51.1 Å². The van der Waals surface area contributed by atoms with Crippen molar-refractivity contribution in [1.82, 2.24) is 9.55 Å². The first kappa shape index (κ1) is 12.1. The van der Waals surface area contributed by atoms with Crippen molar-refractivity contribution < 1.29 is 0 Å². The van der Waals surface area contributed by atoms with E-state index >= 15 is 0 Å². The summed E-state index contributed by atoms with van der Waals surface area (Å²) in [5, 5.41) is 0. The molecule has 1 aromatic rings. The topological polar surface area (TPSA) is 43.8 Å². The maximum atomic E-state index is 6.14. The van der Waals surface area contributed by atoms with Crippen molar-refractivity contribution in [3.63, 3.8) is 0 Å². The van der Waals surface area contributed by atoms with Gasteiger partial charge in [-0.2, -0.15) is 0 Å². The highest BCUT2D eigenvalue weighted by atomic mass is 15.2. The van der Waals surface area contributed by atoms with E-state index in [1.165, 1.54) is 0 Å². The molecule has 0 radical (unpaired) electrons. The van der Waals surface area contributed by atoms with Crippen LogP contribution in [-0.2, 0) is 12.0 Å². The van der Waals surface area contributed by atoms with E-state index in [9.17, 15) is 0 Å². The van der Waals surface area contributed by atoms with Crippen LogP contribution in [0, 0.1) is 0 Å². The van der Waals surface area contributed by atoms with Gasteiger partial charge >= 0.3 is 0 Å². The van der Waals surface area contributed by atoms with Crippen molar-refractivity contribution in [3.8, 4) is 0 Å². The Morgan fingerprint density at radius 1 is 1.33 bits per heavy atom. The van der Waals surface area contributed by atoms with Crippen molar-refractivity contribution in [1.29, 1.82) is 0 Å². The lowest BCUT2D eigenvalue weighted by atomic mass is 10.1. The fraction of sp³-hybridized carbons (Fsp3) is 0.750. The zero-order valence-electron chi connectivity index (χ0n) is 10.8. The molecule has 0 aliphatic heterocycles. The van der Waals surface area contributed by atoms with E-state index in [1.54, 1.807) is 0 Å². The van der Waals surface area contributed by atoms with E-state index in [0.717, 1.165) is 23.8 Å². The Hall–Kier alpha value is -0.990. The fourth-order valence-corrected chi connectivity index (χ4v) is 1.85. The Morgan fingerprint density at radius 2 is 1.87 bits per heavy atom. The Kier molecular flexibility index (Phi) is 3.12. The minimum Gasteiger partial charge on any atom is -0.384 e. The minimum absolute atomic E-state index is 0.00407. The zero-order chi connectivity index (χ0) is 11.8. The number of imidazole rings is 1. The van der Waals surface area contributed by atoms with Gasteiger partial charge in [-0.3, -0.25) is 0 Å². The van der Waals surface area contributed by atoms with Gasteiger partial charge in [0.25, 0.3) is 0 Å². The molecule has 86 valence electrons. The number of nitrogen functional groups attached to an aromatic ring is 1. The van der Waals surface area contributed by atoms with Gasteiger partial charge in [-0.15, -0.1) is 0 Å². The summed E-state index contributed by atoms with van der Waals surface area (Å²) in [4.78, 5) is 4.63. The SMILES string of the molecule is CCc1nc(C(C)C)n(C(C)(C)C)c1N. The summed E-state index contributed by atoms with van der Waals surface area (Å²) in [6.07, 6.45) is 0.897. The Labute approximate surface area is 92.7 Å². The second kappa shape index (κ2) is 3.87. The van der Waals surface area contributed by atoms with Crippen LogP contribution in [0.1, 0.15) is 59.0 Å². The van der Waals surface area contributed by atoms with Crippen LogP contribution < -0.4 is 5.73 Å². The molecule has 0 aliphatic rings. The first-order chi connectivity index (χ1) is 6.79. The molecular weight excluding hydrogens is 186 g/mol. The maximum absolute atomic E-state index is 6.14. The quantitative estimate of drug-likeness (QED) is 0.814. The molecule has 1 rings (SSSR count). The van der Waals surface area contributed by atoms with Crippen LogP contribution in [0.15, 0.2) is 0 Å². The van der Waals surface area contributed by atoms with E-state index in [4.69, 9.17) is 5.73 Å². The molecule has 1 heterocycles. The highest BCUT2D eigenvalue weighted by molar-refractivity contribution is 5.40. The summed E-state index contributed by atoms with van der Waals surface area (Å²) in [7, 11) is 0. The van der Waals surface area contributed by atoms with Crippen LogP contribution in [0.5, 0.6) is 0 Å². The first-order valence-electron chi connectivity index (χ1n) is 5.66. The number of rotatable bonds is 2. The van der Waals surface area contributed by atoms with E-state index < -0.39 is 0 Å². The molecule has 3 nitrogen and oxygen atoms in total. The minimum atomic E-state index is 0.00407. The van der Waals surface area contributed by atoms with Gasteiger partial charge in [0.15, 0.2) is 0 Å². The molecule has 0 spiro atoms. The second-order valence-electron chi connectivity index (χ2n) is 5.32. The lowest BCUT2D eigenvalue weighted by Crippen LogP contribution is -2.26. The molecule has 0 saturated heterocycles. The highest BCUT2D eigenvalue weighted by Crippen LogP contribution is 2.28. The predicted molar refractivity (Wildman–Crippen MR) is 65.1 cm³/mol. The average molecular weight is 209 g/mol. The summed E-state index contributed by atoms with van der Waals surface area (Å²) in [6.45, 7) is 12.9. The van der Waals surface area contributed by atoms with E-state index in [0.29, 0.717) is 5.92 Å². The standard InChI is InChI=1S/C12H23N3/c1-7-9-10(13)15(12(4,5)6)11(14-9)8(2)3/h8H,7,13H2,1-6H3. The van der Waals surface area contributed by atoms with Gasteiger partial charge in [-0.1, -0.05) is 20.8 Å². The largest absolute Gasteiger partial charge is 0.384 e. The molecule has 0 atom stereocenters. The smallest absolute Gasteiger partial charge is 0.127 e. The van der Waals surface area contributed by atoms with Gasteiger partial charge in [-0.05, 0) is 27.2 Å². The van der Waals surface area contributed by atoms with Crippen LogP contribution in [0.2, 0.25) is 0 Å². The monoisotopic (exact) mass is 209 g/mol. The summed E-state index contributed by atoms with van der Waals surface area (Å²) < 4.78 is 2.16. The summed E-state index contributed by atoms with van der Waals surface area (Å²) in [5.74, 6) is 2.33. The van der Waals surface area contributed by atoms with Crippen LogP contribution in [0.3, 0.4) is 0 Å². The van der Waals surface area contributed by atoms with E-state index in [1.807, 2.05) is 0 Å². The summed E-state index contributed by atoms with van der Waals surface area (Å²) >= 11 is 0. The van der Waals surface area contributed by atoms with Crippen molar-refractivity contribution in [2.24, 2.45) is 0 Å². The molecule has 0 saturated carbocycles. The average Bonchev–Trinajstić information content (AvgIpc) is 2.41. The number of aryl methyl sites for hydroxylation is 1. The Morgan fingerprint density at radius 3 is 2.13 bits per heavy atom. The van der Waals surface area contributed by atoms with Crippen LogP contribution in [0.4, 0.5) is 5.82 Å². The van der Waals surface area contributed by atoms with Gasteiger partial charge in [0.05, 0.1) is 5.69 Å². The summed E-state index contributed by atoms with van der Waals surface area (Å²) in [5.41, 5.74) is 7.17.